The van der Waals surface area contributed by atoms with Crippen LogP contribution in [0, 0.1) is 0 Å². The van der Waals surface area contributed by atoms with E-state index in [0.29, 0.717) is 17.9 Å². The second-order valence-corrected chi connectivity index (χ2v) is 7.47. The van der Waals surface area contributed by atoms with E-state index in [1.54, 1.807) is 12.1 Å². The normalized spacial score (nSPS) is 12.0. The molecule has 1 atom stereocenters. The maximum Gasteiger partial charge on any atom is 0.163 e. The van der Waals surface area contributed by atoms with Crippen LogP contribution < -0.4 is 4.74 Å². The van der Waals surface area contributed by atoms with E-state index in [1.165, 1.54) is 18.1 Å². The first-order valence-corrected chi connectivity index (χ1v) is 10.3. The van der Waals surface area contributed by atoms with Gasteiger partial charge in [-0.25, -0.2) is 0 Å². The van der Waals surface area contributed by atoms with Crippen molar-refractivity contribution in [2.24, 2.45) is 0 Å². The Balaban J connectivity index is 1.60. The summed E-state index contributed by atoms with van der Waals surface area (Å²) in [6, 6.07) is 27.8. The van der Waals surface area contributed by atoms with Crippen molar-refractivity contribution in [1.29, 1.82) is 0 Å². The van der Waals surface area contributed by atoms with Crippen LogP contribution in [0.25, 0.3) is 0 Å². The van der Waals surface area contributed by atoms with Crippen LogP contribution in [0.3, 0.4) is 0 Å². The van der Waals surface area contributed by atoms with Crippen molar-refractivity contribution in [3.63, 3.8) is 0 Å². The molecule has 1 unspecified atom stereocenters. The third-order valence-corrected chi connectivity index (χ3v) is 4.98. The molecule has 0 heterocycles. The van der Waals surface area contributed by atoms with Gasteiger partial charge in [-0.3, -0.25) is 9.69 Å². The topological polar surface area (TPSA) is 49.8 Å². The standard InChI is InChI=1S/C26H29NO3/c1-21(28)25-14-8-9-15-26(25)30-20-24(29)19-27(18-23-12-6-3-7-13-23)17-16-22-10-4-2-5-11-22/h2-15,24,29H,16-20H2,1H3. The summed E-state index contributed by atoms with van der Waals surface area (Å²) in [4.78, 5) is 14.0. The van der Waals surface area contributed by atoms with Crippen molar-refractivity contribution >= 4 is 5.78 Å². The van der Waals surface area contributed by atoms with Crippen molar-refractivity contribution in [1.82, 2.24) is 4.90 Å². The number of aliphatic hydroxyl groups excluding tert-OH is 1. The molecule has 0 aliphatic heterocycles. The first-order chi connectivity index (χ1) is 14.6. The molecule has 0 amide bonds. The average Bonchev–Trinajstić information content (AvgIpc) is 2.77. The fourth-order valence-corrected chi connectivity index (χ4v) is 3.43. The van der Waals surface area contributed by atoms with Crippen molar-refractivity contribution in [2.75, 3.05) is 19.7 Å². The van der Waals surface area contributed by atoms with E-state index >= 15 is 0 Å². The van der Waals surface area contributed by atoms with Crippen LogP contribution in [0.5, 0.6) is 5.75 Å². The number of Topliss-reactive ketones (excluding diaryl/α,β-unsaturated/α-hetero) is 1. The first kappa shape index (κ1) is 21.8. The summed E-state index contributed by atoms with van der Waals surface area (Å²) in [7, 11) is 0. The Bertz CT molecular complexity index is 912. The molecule has 0 saturated heterocycles. The maximum absolute atomic E-state index is 11.8. The molecule has 3 rings (SSSR count). The largest absolute Gasteiger partial charge is 0.490 e. The van der Waals surface area contributed by atoms with Gasteiger partial charge in [0.2, 0.25) is 0 Å². The lowest BCUT2D eigenvalue weighted by Gasteiger charge is -2.25. The van der Waals surface area contributed by atoms with Crippen LogP contribution in [-0.4, -0.2) is 41.6 Å². The number of hydrogen-bond donors (Lipinski definition) is 1. The van der Waals surface area contributed by atoms with Gasteiger partial charge < -0.3 is 9.84 Å². The number of ether oxygens (including phenoxy) is 1. The molecule has 0 aromatic heterocycles. The third-order valence-electron chi connectivity index (χ3n) is 4.98. The highest BCUT2D eigenvalue weighted by atomic mass is 16.5. The van der Waals surface area contributed by atoms with Crippen LogP contribution >= 0.6 is 0 Å². The second kappa shape index (κ2) is 11.3. The van der Waals surface area contributed by atoms with Gasteiger partial charge in [-0.2, -0.15) is 0 Å². The van der Waals surface area contributed by atoms with Crippen LogP contribution in [0.1, 0.15) is 28.4 Å². The van der Waals surface area contributed by atoms with Gasteiger partial charge >= 0.3 is 0 Å². The van der Waals surface area contributed by atoms with Crippen molar-refractivity contribution in [3.05, 3.63) is 102 Å². The minimum Gasteiger partial charge on any atom is -0.490 e. The summed E-state index contributed by atoms with van der Waals surface area (Å²) in [5, 5.41) is 10.6. The minimum atomic E-state index is -0.663. The van der Waals surface area contributed by atoms with Crippen LogP contribution in [-0.2, 0) is 13.0 Å². The average molecular weight is 404 g/mol. The lowest BCUT2D eigenvalue weighted by Crippen LogP contribution is -2.36. The Morgan fingerprint density at radius 2 is 1.50 bits per heavy atom. The van der Waals surface area contributed by atoms with E-state index < -0.39 is 6.10 Å². The highest BCUT2D eigenvalue weighted by Crippen LogP contribution is 2.18. The number of para-hydroxylation sites is 1. The second-order valence-electron chi connectivity index (χ2n) is 7.47. The Hall–Kier alpha value is -2.95. The van der Waals surface area contributed by atoms with Crippen molar-refractivity contribution in [2.45, 2.75) is 26.0 Å². The maximum atomic E-state index is 11.8. The molecule has 0 bridgehead atoms. The van der Waals surface area contributed by atoms with Gasteiger partial charge in [0, 0.05) is 19.6 Å². The molecule has 0 radical (unpaired) electrons. The molecule has 3 aromatic carbocycles. The van der Waals surface area contributed by atoms with Gasteiger partial charge in [-0.1, -0.05) is 72.8 Å². The predicted octanol–water partition coefficient (Wildman–Crippen LogP) is 4.37. The summed E-state index contributed by atoms with van der Waals surface area (Å²) in [5.74, 6) is 0.469. The number of hydrogen-bond acceptors (Lipinski definition) is 4. The molecule has 0 saturated carbocycles. The molecule has 30 heavy (non-hydrogen) atoms. The van der Waals surface area contributed by atoms with E-state index in [2.05, 4.69) is 29.2 Å². The molecule has 4 nitrogen and oxygen atoms in total. The fourth-order valence-electron chi connectivity index (χ4n) is 3.43. The smallest absolute Gasteiger partial charge is 0.163 e. The molecule has 0 fully saturated rings. The van der Waals surface area contributed by atoms with Crippen LogP contribution in [0.2, 0.25) is 0 Å². The lowest BCUT2D eigenvalue weighted by molar-refractivity contribution is 0.0652. The number of benzene rings is 3. The lowest BCUT2D eigenvalue weighted by atomic mass is 10.1. The predicted molar refractivity (Wildman–Crippen MR) is 120 cm³/mol. The summed E-state index contributed by atoms with van der Waals surface area (Å²) in [6.07, 6.45) is 0.249. The van der Waals surface area contributed by atoms with E-state index in [0.717, 1.165) is 19.5 Å². The van der Waals surface area contributed by atoms with Crippen LogP contribution in [0.15, 0.2) is 84.9 Å². The minimum absolute atomic E-state index is 0.0475. The number of nitrogens with zero attached hydrogens (tertiary/aromatic N) is 1. The van der Waals surface area contributed by atoms with Crippen LogP contribution in [0.4, 0.5) is 0 Å². The third kappa shape index (κ3) is 6.83. The number of carbonyl (C=O) groups is 1. The van der Waals surface area contributed by atoms with Gasteiger partial charge in [0.05, 0.1) is 5.56 Å². The molecule has 0 aliphatic carbocycles. The van der Waals surface area contributed by atoms with E-state index in [9.17, 15) is 9.90 Å². The van der Waals surface area contributed by atoms with E-state index in [1.807, 2.05) is 48.5 Å². The summed E-state index contributed by atoms with van der Waals surface area (Å²) in [6.45, 7) is 3.74. The zero-order valence-electron chi connectivity index (χ0n) is 17.4. The summed E-state index contributed by atoms with van der Waals surface area (Å²) >= 11 is 0. The molecular weight excluding hydrogens is 374 g/mol. The highest BCUT2D eigenvalue weighted by Gasteiger charge is 2.15. The number of aliphatic hydroxyl groups is 1. The quantitative estimate of drug-likeness (QED) is 0.483. The molecule has 4 heteroatoms. The highest BCUT2D eigenvalue weighted by molar-refractivity contribution is 5.96. The Morgan fingerprint density at radius 3 is 2.17 bits per heavy atom. The van der Waals surface area contributed by atoms with Crippen molar-refractivity contribution < 1.29 is 14.6 Å². The first-order valence-electron chi connectivity index (χ1n) is 10.3. The van der Waals surface area contributed by atoms with Gasteiger partial charge in [0.1, 0.15) is 18.5 Å². The molecule has 156 valence electrons. The van der Waals surface area contributed by atoms with Gasteiger partial charge in [0.15, 0.2) is 5.78 Å². The van der Waals surface area contributed by atoms with Crippen molar-refractivity contribution in [3.8, 4) is 5.75 Å². The molecule has 0 spiro atoms. The number of carbonyl (C=O) groups excluding carboxylic acids is 1. The Labute approximate surface area is 178 Å². The molecule has 0 aliphatic rings. The fraction of sp³-hybridized carbons (Fsp3) is 0.269. The zero-order chi connectivity index (χ0) is 21.2. The SMILES string of the molecule is CC(=O)c1ccccc1OCC(O)CN(CCc1ccccc1)Cc1ccccc1. The van der Waals surface area contributed by atoms with Gasteiger partial charge in [-0.05, 0) is 36.6 Å². The van der Waals surface area contributed by atoms with E-state index in [4.69, 9.17) is 4.74 Å². The van der Waals surface area contributed by atoms with Gasteiger partial charge in [0.25, 0.3) is 0 Å². The number of ketones is 1. The Morgan fingerprint density at radius 1 is 0.900 bits per heavy atom. The molecule has 3 aromatic rings. The molecular formula is C26H29NO3. The van der Waals surface area contributed by atoms with E-state index in [-0.39, 0.29) is 12.4 Å². The molecule has 1 N–H and O–H groups in total. The monoisotopic (exact) mass is 403 g/mol. The zero-order valence-corrected chi connectivity index (χ0v) is 17.4. The number of rotatable bonds is 11. The summed E-state index contributed by atoms with van der Waals surface area (Å²) in [5.41, 5.74) is 3.02. The Kier molecular flexibility index (Phi) is 8.19. The summed E-state index contributed by atoms with van der Waals surface area (Å²) < 4.78 is 5.78. The van der Waals surface area contributed by atoms with Gasteiger partial charge in [-0.15, -0.1) is 0 Å².